The van der Waals surface area contributed by atoms with Crippen LogP contribution in [0.2, 0.25) is 0 Å². The Labute approximate surface area is 106 Å². The number of hydrogen-bond acceptors (Lipinski definition) is 4. The van der Waals surface area contributed by atoms with Gasteiger partial charge in [-0.25, -0.2) is 5.48 Å². The molecule has 0 fully saturated rings. The summed E-state index contributed by atoms with van der Waals surface area (Å²) < 4.78 is 5.23. The molecule has 5 heteroatoms. The zero-order valence-electron chi connectivity index (χ0n) is 10.6. The summed E-state index contributed by atoms with van der Waals surface area (Å²) in [7, 11) is 0. The molecule has 0 saturated heterocycles. The van der Waals surface area contributed by atoms with Crippen molar-refractivity contribution in [2.75, 3.05) is 13.2 Å². The number of ketones is 1. The third kappa shape index (κ3) is 4.55. The Balaban J connectivity index is 2.44. The highest BCUT2D eigenvalue weighted by molar-refractivity contribution is 5.95. The molecular weight excluding hydrogens is 234 g/mol. The fraction of sp³-hybridized carbons (Fsp3) is 0.385. The van der Waals surface area contributed by atoms with E-state index in [1.165, 1.54) is 0 Å². The van der Waals surface area contributed by atoms with Gasteiger partial charge in [0.1, 0.15) is 5.75 Å². The Morgan fingerprint density at radius 3 is 2.39 bits per heavy atom. The number of nitrogens with one attached hydrogen (secondary N) is 1. The second-order valence-electron chi connectivity index (χ2n) is 3.55. The molecule has 0 aromatic heterocycles. The summed E-state index contributed by atoms with van der Waals surface area (Å²) in [5.41, 5.74) is 2.87. The van der Waals surface area contributed by atoms with E-state index in [-0.39, 0.29) is 18.3 Å². The maximum atomic E-state index is 11.4. The number of benzene rings is 1. The fourth-order valence-electron chi connectivity index (χ4n) is 1.27. The van der Waals surface area contributed by atoms with Gasteiger partial charge < -0.3 is 4.74 Å². The quantitative estimate of drug-likeness (QED) is 0.592. The van der Waals surface area contributed by atoms with Crippen LogP contribution in [0.1, 0.15) is 30.6 Å². The largest absolute Gasteiger partial charge is 0.484 e. The van der Waals surface area contributed by atoms with E-state index in [0.717, 1.165) is 0 Å². The van der Waals surface area contributed by atoms with Crippen molar-refractivity contribution in [1.82, 2.24) is 5.48 Å². The van der Waals surface area contributed by atoms with Gasteiger partial charge in [0.05, 0.1) is 6.61 Å². The van der Waals surface area contributed by atoms with Crippen LogP contribution in [0.3, 0.4) is 0 Å². The second kappa shape index (κ2) is 7.45. The van der Waals surface area contributed by atoms with Crippen LogP contribution in [0, 0.1) is 0 Å². The monoisotopic (exact) mass is 251 g/mol. The van der Waals surface area contributed by atoms with E-state index in [0.29, 0.717) is 24.3 Å². The minimum absolute atomic E-state index is 0.0793. The molecule has 0 aliphatic heterocycles. The highest BCUT2D eigenvalue weighted by Crippen LogP contribution is 2.13. The van der Waals surface area contributed by atoms with Crippen molar-refractivity contribution in [2.45, 2.75) is 20.3 Å². The number of ether oxygens (including phenoxy) is 1. The Morgan fingerprint density at radius 1 is 1.17 bits per heavy atom. The minimum atomic E-state index is -0.356. The lowest BCUT2D eigenvalue weighted by molar-refractivity contribution is -0.135. The average molecular weight is 251 g/mol. The van der Waals surface area contributed by atoms with E-state index in [1.807, 2.05) is 6.92 Å². The smallest absolute Gasteiger partial charge is 0.281 e. The van der Waals surface area contributed by atoms with Gasteiger partial charge in [-0.1, -0.05) is 6.92 Å². The van der Waals surface area contributed by atoms with Crippen molar-refractivity contribution in [3.8, 4) is 5.75 Å². The first-order valence-corrected chi connectivity index (χ1v) is 5.84. The maximum absolute atomic E-state index is 11.4. The standard InChI is InChI=1S/C13H17NO4/c1-3-12(15)10-5-7-11(8-6-10)17-9-13(16)14-18-4-2/h5-8H,3-4,9H2,1-2H3,(H,14,16). The first-order valence-electron chi connectivity index (χ1n) is 5.84. The molecule has 1 aromatic rings. The lowest BCUT2D eigenvalue weighted by atomic mass is 10.1. The zero-order valence-corrected chi connectivity index (χ0v) is 10.6. The zero-order chi connectivity index (χ0) is 13.4. The van der Waals surface area contributed by atoms with Crippen LogP contribution in [-0.4, -0.2) is 24.9 Å². The topological polar surface area (TPSA) is 64.6 Å². The third-order valence-electron chi connectivity index (χ3n) is 2.20. The van der Waals surface area contributed by atoms with Crippen molar-refractivity contribution in [3.63, 3.8) is 0 Å². The van der Waals surface area contributed by atoms with Gasteiger partial charge in [0.25, 0.3) is 5.91 Å². The SMILES string of the molecule is CCONC(=O)COc1ccc(C(=O)CC)cc1. The highest BCUT2D eigenvalue weighted by Gasteiger charge is 2.04. The number of carbonyl (C=O) groups is 2. The summed E-state index contributed by atoms with van der Waals surface area (Å²) >= 11 is 0. The van der Waals surface area contributed by atoms with Crippen molar-refractivity contribution in [1.29, 1.82) is 0 Å². The van der Waals surface area contributed by atoms with Crippen molar-refractivity contribution in [2.24, 2.45) is 0 Å². The number of amides is 1. The van der Waals surface area contributed by atoms with E-state index in [4.69, 9.17) is 9.57 Å². The van der Waals surface area contributed by atoms with Gasteiger partial charge in [-0.15, -0.1) is 0 Å². The Kier molecular flexibility index (Phi) is 5.87. The molecule has 0 aliphatic rings. The first kappa shape index (κ1) is 14.2. The van der Waals surface area contributed by atoms with Crippen LogP contribution in [-0.2, 0) is 9.63 Å². The Bertz CT molecular complexity index is 400. The van der Waals surface area contributed by atoms with Crippen LogP contribution in [0.5, 0.6) is 5.75 Å². The molecule has 5 nitrogen and oxygen atoms in total. The average Bonchev–Trinajstić information content (AvgIpc) is 2.42. The predicted molar refractivity (Wildman–Crippen MR) is 66.3 cm³/mol. The lowest BCUT2D eigenvalue weighted by Crippen LogP contribution is -2.28. The molecule has 1 aromatic carbocycles. The molecule has 0 heterocycles. The van der Waals surface area contributed by atoms with Gasteiger partial charge >= 0.3 is 0 Å². The molecule has 1 amide bonds. The fourth-order valence-corrected chi connectivity index (χ4v) is 1.27. The molecule has 0 bridgehead atoms. The van der Waals surface area contributed by atoms with Gasteiger partial charge in [-0.2, -0.15) is 0 Å². The molecule has 0 atom stereocenters. The van der Waals surface area contributed by atoms with E-state index in [2.05, 4.69) is 5.48 Å². The molecular formula is C13H17NO4. The van der Waals surface area contributed by atoms with Crippen LogP contribution in [0.25, 0.3) is 0 Å². The van der Waals surface area contributed by atoms with E-state index >= 15 is 0 Å². The molecule has 1 N–H and O–H groups in total. The summed E-state index contributed by atoms with van der Waals surface area (Å²) in [5, 5.41) is 0. The van der Waals surface area contributed by atoms with Gasteiger partial charge in [-0.05, 0) is 31.2 Å². The molecule has 0 unspecified atom stereocenters. The number of Topliss-reactive ketones (excluding diaryl/α,β-unsaturated/α-hetero) is 1. The summed E-state index contributed by atoms with van der Waals surface area (Å²) in [6.07, 6.45) is 0.469. The minimum Gasteiger partial charge on any atom is -0.484 e. The van der Waals surface area contributed by atoms with Crippen LogP contribution < -0.4 is 10.2 Å². The highest BCUT2D eigenvalue weighted by atomic mass is 16.7. The van der Waals surface area contributed by atoms with Gasteiger partial charge in [0, 0.05) is 12.0 Å². The van der Waals surface area contributed by atoms with Gasteiger partial charge in [0.2, 0.25) is 0 Å². The van der Waals surface area contributed by atoms with Gasteiger partial charge in [0.15, 0.2) is 12.4 Å². The summed E-state index contributed by atoms with van der Waals surface area (Å²) in [4.78, 5) is 27.3. The van der Waals surface area contributed by atoms with E-state index in [1.54, 1.807) is 31.2 Å². The van der Waals surface area contributed by atoms with Crippen LogP contribution >= 0.6 is 0 Å². The number of hydroxylamine groups is 1. The first-order chi connectivity index (χ1) is 8.67. The normalized spacial score (nSPS) is 9.89. The molecule has 98 valence electrons. The van der Waals surface area contributed by atoms with Crippen LogP contribution in [0.4, 0.5) is 0 Å². The van der Waals surface area contributed by atoms with Gasteiger partial charge in [-0.3, -0.25) is 14.4 Å². The Morgan fingerprint density at radius 2 is 1.83 bits per heavy atom. The molecule has 0 aliphatic carbocycles. The maximum Gasteiger partial charge on any atom is 0.281 e. The molecule has 0 saturated carbocycles. The number of carbonyl (C=O) groups excluding carboxylic acids is 2. The molecule has 1 rings (SSSR count). The van der Waals surface area contributed by atoms with Crippen LogP contribution in [0.15, 0.2) is 24.3 Å². The second-order valence-corrected chi connectivity index (χ2v) is 3.55. The third-order valence-corrected chi connectivity index (χ3v) is 2.20. The Hall–Kier alpha value is -1.88. The summed E-state index contributed by atoms with van der Waals surface area (Å²) in [5.74, 6) is 0.260. The molecule has 0 radical (unpaired) electrons. The van der Waals surface area contributed by atoms with Crippen molar-refractivity contribution < 1.29 is 19.2 Å². The van der Waals surface area contributed by atoms with Crippen molar-refractivity contribution in [3.05, 3.63) is 29.8 Å². The number of hydrogen-bond donors (Lipinski definition) is 1. The predicted octanol–water partition coefficient (Wildman–Crippen LogP) is 1.73. The van der Waals surface area contributed by atoms with E-state index in [9.17, 15) is 9.59 Å². The molecule has 0 spiro atoms. The molecule has 18 heavy (non-hydrogen) atoms. The summed E-state index contributed by atoms with van der Waals surface area (Å²) in [6, 6.07) is 6.69. The summed E-state index contributed by atoms with van der Waals surface area (Å²) in [6.45, 7) is 3.86. The van der Waals surface area contributed by atoms with Crippen molar-refractivity contribution >= 4 is 11.7 Å². The lowest BCUT2D eigenvalue weighted by Gasteiger charge is -2.07. The number of rotatable bonds is 7. The van der Waals surface area contributed by atoms with E-state index < -0.39 is 0 Å².